The van der Waals surface area contributed by atoms with Crippen molar-refractivity contribution in [3.8, 4) is 11.5 Å². The molecule has 0 heterocycles. The van der Waals surface area contributed by atoms with Gasteiger partial charge in [0.25, 0.3) is 5.91 Å². The summed E-state index contributed by atoms with van der Waals surface area (Å²) in [5.74, 6) is 0.711. The molecule has 0 radical (unpaired) electrons. The number of ether oxygens (including phenoxy) is 2. The minimum atomic E-state index is -0.512. The molecule has 0 spiro atoms. The van der Waals surface area contributed by atoms with E-state index in [4.69, 9.17) is 21.1 Å². The van der Waals surface area contributed by atoms with Crippen molar-refractivity contribution >= 4 is 23.2 Å². The van der Waals surface area contributed by atoms with Crippen molar-refractivity contribution < 1.29 is 23.6 Å². The molecule has 0 bridgehead atoms. The van der Waals surface area contributed by atoms with Gasteiger partial charge in [-0.25, -0.2) is 4.39 Å². The van der Waals surface area contributed by atoms with Crippen LogP contribution < -0.4 is 19.7 Å². The Bertz CT molecular complexity index is 770. The molecule has 0 aliphatic carbocycles. The molecule has 140 valence electrons. The van der Waals surface area contributed by atoms with Gasteiger partial charge in [0.05, 0.1) is 32.8 Å². The molecule has 0 fully saturated rings. The van der Waals surface area contributed by atoms with Gasteiger partial charge in [-0.1, -0.05) is 17.7 Å². The first-order chi connectivity index (χ1) is 12.4. The largest absolute Gasteiger partial charge is 0.493 e. The van der Waals surface area contributed by atoms with Crippen LogP contribution in [0.2, 0.25) is 5.02 Å². The van der Waals surface area contributed by atoms with Crippen LogP contribution in [0.3, 0.4) is 0 Å². The maximum atomic E-state index is 13.1. The number of halogens is 2. The van der Waals surface area contributed by atoms with Crippen molar-refractivity contribution in [3.05, 3.63) is 52.8 Å². The number of carbonyl (C=O) groups is 1. The van der Waals surface area contributed by atoms with Crippen LogP contribution in [-0.4, -0.2) is 40.3 Å². The molecular weight excluding hydrogens is 359 g/mol. The summed E-state index contributed by atoms with van der Waals surface area (Å²) in [7, 11) is 5.14. The number of hydrogen-bond donors (Lipinski definition) is 2. The van der Waals surface area contributed by atoms with E-state index in [0.717, 1.165) is 23.4 Å². The van der Waals surface area contributed by atoms with Crippen molar-refractivity contribution in [3.63, 3.8) is 0 Å². The Morgan fingerprint density at radius 2 is 1.88 bits per heavy atom. The summed E-state index contributed by atoms with van der Waals surface area (Å²) in [5.41, 5.74) is 1.59. The Balaban J connectivity index is 1.85. The lowest BCUT2D eigenvalue weighted by Gasteiger charge is -2.15. The Morgan fingerprint density at radius 3 is 2.54 bits per heavy atom. The van der Waals surface area contributed by atoms with Gasteiger partial charge in [-0.2, -0.15) is 0 Å². The van der Waals surface area contributed by atoms with E-state index in [2.05, 4.69) is 5.32 Å². The van der Waals surface area contributed by atoms with Gasteiger partial charge in [-0.15, -0.1) is 0 Å². The van der Waals surface area contributed by atoms with E-state index in [1.807, 2.05) is 25.2 Å². The maximum Gasteiger partial charge on any atom is 0.279 e. The second kappa shape index (κ2) is 9.40. The summed E-state index contributed by atoms with van der Waals surface area (Å²) in [4.78, 5) is 13.2. The van der Waals surface area contributed by atoms with Gasteiger partial charge < -0.3 is 19.7 Å². The first-order valence-electron chi connectivity index (χ1n) is 8.20. The van der Waals surface area contributed by atoms with Gasteiger partial charge in [0.1, 0.15) is 5.82 Å². The standard InChI is InChI=1S/C19H22ClFN2O3/c1-23(9-8-13-4-7-17(25-2)18(10-13)26-3)12-19(24)22-14-5-6-16(21)15(20)11-14/h4-7,10-11H,8-9,12H2,1-3H3,(H,22,24)/p+1. The first-order valence-corrected chi connectivity index (χ1v) is 8.58. The number of hydrogen-bond acceptors (Lipinski definition) is 3. The molecule has 2 aromatic rings. The highest BCUT2D eigenvalue weighted by Crippen LogP contribution is 2.27. The van der Waals surface area contributed by atoms with Gasteiger partial charge in [-0.05, 0) is 35.9 Å². The summed E-state index contributed by atoms with van der Waals surface area (Å²) in [6, 6.07) is 9.90. The summed E-state index contributed by atoms with van der Waals surface area (Å²) in [6.07, 6.45) is 0.793. The predicted molar refractivity (Wildman–Crippen MR) is 99.9 cm³/mol. The first kappa shape index (κ1) is 20.0. The number of carbonyl (C=O) groups excluding carboxylic acids is 1. The third kappa shape index (κ3) is 5.61. The minimum absolute atomic E-state index is 0.0167. The smallest absolute Gasteiger partial charge is 0.279 e. The molecular formula is C19H23ClFN2O3+. The second-order valence-corrected chi connectivity index (χ2v) is 6.41. The second-order valence-electron chi connectivity index (χ2n) is 6.00. The zero-order valence-corrected chi connectivity index (χ0v) is 15.8. The van der Waals surface area contributed by atoms with E-state index in [9.17, 15) is 9.18 Å². The van der Waals surface area contributed by atoms with Crippen molar-refractivity contribution in [2.24, 2.45) is 0 Å². The zero-order valence-electron chi connectivity index (χ0n) is 15.1. The average molecular weight is 382 g/mol. The monoisotopic (exact) mass is 381 g/mol. The van der Waals surface area contributed by atoms with Crippen molar-refractivity contribution in [1.29, 1.82) is 0 Å². The Kier molecular flexibility index (Phi) is 7.24. The fraction of sp³-hybridized carbons (Fsp3) is 0.316. The highest BCUT2D eigenvalue weighted by molar-refractivity contribution is 6.31. The van der Waals surface area contributed by atoms with Crippen LogP contribution in [0.15, 0.2) is 36.4 Å². The van der Waals surface area contributed by atoms with Gasteiger partial charge in [0.15, 0.2) is 18.0 Å². The number of benzene rings is 2. The Labute approximate surface area is 157 Å². The summed E-state index contributed by atoms with van der Waals surface area (Å²) < 4.78 is 23.7. The van der Waals surface area contributed by atoms with Crippen LogP contribution in [0.5, 0.6) is 11.5 Å². The Hall–Kier alpha value is -2.31. The highest BCUT2D eigenvalue weighted by atomic mass is 35.5. The summed E-state index contributed by atoms with van der Waals surface area (Å²) >= 11 is 5.72. The number of anilines is 1. The third-order valence-corrected chi connectivity index (χ3v) is 4.24. The lowest BCUT2D eigenvalue weighted by atomic mass is 10.1. The van der Waals surface area contributed by atoms with Crippen molar-refractivity contribution in [1.82, 2.24) is 0 Å². The number of nitrogens with one attached hydrogen (secondary N) is 2. The molecule has 2 aromatic carbocycles. The average Bonchev–Trinajstić information content (AvgIpc) is 2.62. The predicted octanol–water partition coefficient (Wildman–Crippen LogP) is 2.19. The van der Waals surface area contributed by atoms with E-state index in [0.29, 0.717) is 23.7 Å². The summed E-state index contributed by atoms with van der Waals surface area (Å²) in [6.45, 7) is 1.06. The highest BCUT2D eigenvalue weighted by Gasteiger charge is 2.12. The van der Waals surface area contributed by atoms with Crippen LogP contribution >= 0.6 is 11.6 Å². The van der Waals surface area contributed by atoms with Crippen molar-refractivity contribution in [2.75, 3.05) is 39.7 Å². The van der Waals surface area contributed by atoms with E-state index in [1.54, 1.807) is 14.2 Å². The van der Waals surface area contributed by atoms with E-state index in [-0.39, 0.29) is 10.9 Å². The molecule has 2 N–H and O–H groups in total. The fourth-order valence-corrected chi connectivity index (χ4v) is 2.72. The molecule has 1 amide bonds. The minimum Gasteiger partial charge on any atom is -0.493 e. The van der Waals surface area contributed by atoms with Crippen LogP contribution in [0.25, 0.3) is 0 Å². The number of rotatable bonds is 8. The number of methoxy groups -OCH3 is 2. The Morgan fingerprint density at radius 1 is 1.15 bits per heavy atom. The fourth-order valence-electron chi connectivity index (χ4n) is 2.54. The molecule has 0 aromatic heterocycles. The normalized spacial score (nSPS) is 11.7. The van der Waals surface area contributed by atoms with Gasteiger partial charge >= 0.3 is 0 Å². The number of quaternary nitrogens is 1. The molecule has 0 aliphatic rings. The molecule has 26 heavy (non-hydrogen) atoms. The van der Waals surface area contributed by atoms with Crippen LogP contribution in [0.1, 0.15) is 5.56 Å². The molecule has 5 nitrogen and oxygen atoms in total. The SMILES string of the molecule is COc1ccc(CC[NH+](C)CC(=O)Nc2ccc(F)c(Cl)c2)cc1OC. The molecule has 1 atom stereocenters. The van der Waals surface area contributed by atoms with E-state index >= 15 is 0 Å². The lowest BCUT2D eigenvalue weighted by Crippen LogP contribution is -3.10. The molecule has 0 aliphatic heterocycles. The van der Waals surface area contributed by atoms with Crippen LogP contribution in [-0.2, 0) is 11.2 Å². The summed E-state index contributed by atoms with van der Waals surface area (Å²) in [5, 5.41) is 2.71. The van der Waals surface area contributed by atoms with Gasteiger partial charge in [0, 0.05) is 12.1 Å². The molecule has 0 saturated carbocycles. The lowest BCUT2D eigenvalue weighted by molar-refractivity contribution is -0.870. The van der Waals surface area contributed by atoms with Crippen molar-refractivity contribution in [2.45, 2.75) is 6.42 Å². The van der Waals surface area contributed by atoms with E-state index < -0.39 is 5.82 Å². The topological polar surface area (TPSA) is 52.0 Å². The van der Waals surface area contributed by atoms with Crippen LogP contribution in [0, 0.1) is 5.82 Å². The zero-order chi connectivity index (χ0) is 19.1. The van der Waals surface area contributed by atoms with Gasteiger partial charge in [0.2, 0.25) is 0 Å². The third-order valence-electron chi connectivity index (χ3n) is 3.95. The molecule has 2 rings (SSSR count). The quantitative estimate of drug-likeness (QED) is 0.737. The molecule has 1 unspecified atom stereocenters. The van der Waals surface area contributed by atoms with Crippen LogP contribution in [0.4, 0.5) is 10.1 Å². The number of likely N-dealkylation sites (N-methyl/N-ethyl adjacent to an activating group) is 1. The number of amides is 1. The molecule has 7 heteroatoms. The van der Waals surface area contributed by atoms with Gasteiger partial charge in [-0.3, -0.25) is 4.79 Å². The van der Waals surface area contributed by atoms with E-state index in [1.165, 1.54) is 18.2 Å². The maximum absolute atomic E-state index is 13.1. The molecule has 0 saturated heterocycles.